The highest BCUT2D eigenvalue weighted by atomic mass is 79.9. The summed E-state index contributed by atoms with van der Waals surface area (Å²) in [5.41, 5.74) is 0.909. The minimum atomic E-state index is 0.509. The molecule has 0 aliphatic carbocycles. The highest BCUT2D eigenvalue weighted by Crippen LogP contribution is 2.26. The van der Waals surface area contributed by atoms with Crippen molar-refractivity contribution in [3.8, 4) is 0 Å². The van der Waals surface area contributed by atoms with Gasteiger partial charge in [-0.1, -0.05) is 0 Å². The van der Waals surface area contributed by atoms with Crippen molar-refractivity contribution >= 4 is 21.6 Å². The van der Waals surface area contributed by atoms with Gasteiger partial charge in [0, 0.05) is 18.7 Å². The zero-order chi connectivity index (χ0) is 11.1. The molecule has 2 aromatic heterocycles. The third-order valence-corrected chi connectivity index (χ3v) is 3.79. The molecular formula is C11H13BrN4. The fourth-order valence-corrected chi connectivity index (χ4v) is 2.75. The lowest BCUT2D eigenvalue weighted by molar-refractivity contribution is 0.409. The van der Waals surface area contributed by atoms with Gasteiger partial charge in [0.1, 0.15) is 5.82 Å². The lowest BCUT2D eigenvalue weighted by Crippen LogP contribution is -2.14. The Morgan fingerprint density at radius 1 is 1.44 bits per heavy atom. The largest absolute Gasteiger partial charge is 0.306 e. The van der Waals surface area contributed by atoms with Crippen LogP contribution in [0.1, 0.15) is 18.2 Å². The molecular weight excluding hydrogens is 268 g/mol. The standard InChI is InChI=1S/C11H13BrN4/c1-15-6-4-8(7-15)10-13-14-11-9(12)3-2-5-16(10)11/h2-3,5,8H,4,6-7H2,1H3. The first-order valence-electron chi connectivity index (χ1n) is 5.43. The highest BCUT2D eigenvalue weighted by molar-refractivity contribution is 9.10. The van der Waals surface area contributed by atoms with E-state index >= 15 is 0 Å². The Labute approximate surface area is 102 Å². The fraction of sp³-hybridized carbons (Fsp3) is 0.455. The van der Waals surface area contributed by atoms with E-state index in [9.17, 15) is 0 Å². The zero-order valence-electron chi connectivity index (χ0n) is 9.10. The summed E-state index contributed by atoms with van der Waals surface area (Å²) in [6, 6.07) is 4.01. The van der Waals surface area contributed by atoms with Crippen molar-refractivity contribution in [3.63, 3.8) is 0 Å². The fourth-order valence-electron chi connectivity index (χ4n) is 2.33. The quantitative estimate of drug-likeness (QED) is 0.800. The number of aromatic nitrogens is 3. The second kappa shape index (κ2) is 3.82. The molecule has 5 heteroatoms. The van der Waals surface area contributed by atoms with Crippen LogP contribution < -0.4 is 0 Å². The van der Waals surface area contributed by atoms with E-state index in [2.05, 4.69) is 42.5 Å². The van der Waals surface area contributed by atoms with Crippen LogP contribution in [0, 0.1) is 0 Å². The van der Waals surface area contributed by atoms with Gasteiger partial charge in [-0.2, -0.15) is 0 Å². The van der Waals surface area contributed by atoms with Crippen LogP contribution in [0.2, 0.25) is 0 Å². The van der Waals surface area contributed by atoms with Crippen LogP contribution in [-0.2, 0) is 0 Å². The summed E-state index contributed by atoms with van der Waals surface area (Å²) in [5, 5.41) is 8.56. The summed E-state index contributed by atoms with van der Waals surface area (Å²) in [7, 11) is 2.15. The Morgan fingerprint density at radius 3 is 3.06 bits per heavy atom. The summed E-state index contributed by atoms with van der Waals surface area (Å²) in [5.74, 6) is 1.59. The number of halogens is 1. The second-order valence-corrected chi connectivity index (χ2v) is 5.21. The van der Waals surface area contributed by atoms with E-state index in [1.54, 1.807) is 0 Å². The van der Waals surface area contributed by atoms with Crippen LogP contribution in [0.4, 0.5) is 0 Å². The Bertz CT molecular complexity index is 522. The van der Waals surface area contributed by atoms with E-state index in [0.29, 0.717) is 5.92 Å². The molecule has 1 aliphatic heterocycles. The summed E-state index contributed by atoms with van der Waals surface area (Å²) < 4.78 is 3.09. The Balaban J connectivity index is 2.08. The first-order valence-corrected chi connectivity index (χ1v) is 6.22. The lowest BCUT2D eigenvalue weighted by atomic mass is 10.1. The second-order valence-electron chi connectivity index (χ2n) is 4.36. The molecule has 0 bridgehead atoms. The Kier molecular flexibility index (Phi) is 2.44. The maximum absolute atomic E-state index is 4.33. The third kappa shape index (κ3) is 1.55. The van der Waals surface area contributed by atoms with Gasteiger partial charge in [-0.05, 0) is 48.1 Å². The number of nitrogens with zero attached hydrogens (tertiary/aromatic N) is 4. The van der Waals surface area contributed by atoms with Crippen molar-refractivity contribution in [1.29, 1.82) is 0 Å². The van der Waals surface area contributed by atoms with Gasteiger partial charge in [-0.25, -0.2) is 0 Å². The Hall–Kier alpha value is -0.940. The average molecular weight is 281 g/mol. The topological polar surface area (TPSA) is 33.4 Å². The Morgan fingerprint density at radius 2 is 2.31 bits per heavy atom. The van der Waals surface area contributed by atoms with Crippen molar-refractivity contribution < 1.29 is 0 Å². The number of rotatable bonds is 1. The van der Waals surface area contributed by atoms with Crippen molar-refractivity contribution in [2.24, 2.45) is 0 Å². The van der Waals surface area contributed by atoms with E-state index < -0.39 is 0 Å². The minimum absolute atomic E-state index is 0.509. The van der Waals surface area contributed by atoms with Gasteiger partial charge in [0.25, 0.3) is 0 Å². The molecule has 1 saturated heterocycles. The molecule has 3 heterocycles. The SMILES string of the molecule is CN1CCC(c2nnc3c(Br)cccn23)C1. The molecule has 84 valence electrons. The molecule has 0 saturated carbocycles. The van der Waals surface area contributed by atoms with Gasteiger partial charge in [0.15, 0.2) is 5.65 Å². The molecule has 1 fully saturated rings. The van der Waals surface area contributed by atoms with Crippen LogP contribution in [0.25, 0.3) is 5.65 Å². The van der Waals surface area contributed by atoms with Crippen LogP contribution in [-0.4, -0.2) is 39.6 Å². The number of likely N-dealkylation sites (tertiary alicyclic amines) is 1. The number of fused-ring (bicyclic) bond motifs is 1. The molecule has 0 radical (unpaired) electrons. The highest BCUT2D eigenvalue weighted by Gasteiger charge is 2.25. The minimum Gasteiger partial charge on any atom is -0.306 e. The van der Waals surface area contributed by atoms with E-state index in [4.69, 9.17) is 0 Å². The summed E-state index contributed by atoms with van der Waals surface area (Å²) in [6.07, 6.45) is 3.21. The molecule has 0 amide bonds. The van der Waals surface area contributed by atoms with Crippen molar-refractivity contribution in [3.05, 3.63) is 28.6 Å². The van der Waals surface area contributed by atoms with Gasteiger partial charge in [-0.15, -0.1) is 10.2 Å². The lowest BCUT2D eigenvalue weighted by Gasteiger charge is -2.08. The number of hydrogen-bond acceptors (Lipinski definition) is 3. The van der Waals surface area contributed by atoms with Crippen LogP contribution in [0.5, 0.6) is 0 Å². The summed E-state index contributed by atoms with van der Waals surface area (Å²) >= 11 is 3.50. The average Bonchev–Trinajstić information content (AvgIpc) is 2.84. The predicted octanol–water partition coefficient (Wildman–Crippen LogP) is 1.91. The molecule has 3 rings (SSSR count). The smallest absolute Gasteiger partial charge is 0.175 e. The molecule has 1 atom stereocenters. The van der Waals surface area contributed by atoms with Crippen molar-refractivity contribution in [1.82, 2.24) is 19.5 Å². The molecule has 0 spiro atoms. The van der Waals surface area contributed by atoms with Gasteiger partial charge in [0.2, 0.25) is 0 Å². The number of pyridine rings is 1. The van der Waals surface area contributed by atoms with Crippen LogP contribution >= 0.6 is 15.9 Å². The summed E-state index contributed by atoms with van der Waals surface area (Å²) in [6.45, 7) is 2.22. The van der Waals surface area contributed by atoms with Gasteiger partial charge < -0.3 is 4.90 Å². The predicted molar refractivity (Wildman–Crippen MR) is 65.5 cm³/mol. The molecule has 1 aliphatic rings. The van der Waals surface area contributed by atoms with Crippen molar-refractivity contribution in [2.45, 2.75) is 12.3 Å². The zero-order valence-corrected chi connectivity index (χ0v) is 10.7. The molecule has 1 unspecified atom stereocenters. The maximum atomic E-state index is 4.33. The van der Waals surface area contributed by atoms with Crippen LogP contribution in [0.15, 0.2) is 22.8 Å². The third-order valence-electron chi connectivity index (χ3n) is 3.17. The first kappa shape index (κ1) is 10.2. The molecule has 2 aromatic rings. The van der Waals surface area contributed by atoms with E-state index in [0.717, 1.165) is 29.0 Å². The normalized spacial score (nSPS) is 22.0. The number of hydrogen-bond donors (Lipinski definition) is 0. The van der Waals surface area contributed by atoms with Crippen molar-refractivity contribution in [2.75, 3.05) is 20.1 Å². The molecule has 0 N–H and O–H groups in total. The van der Waals surface area contributed by atoms with E-state index in [1.165, 1.54) is 6.42 Å². The van der Waals surface area contributed by atoms with Gasteiger partial charge in [-0.3, -0.25) is 4.40 Å². The summed E-state index contributed by atoms with van der Waals surface area (Å²) in [4.78, 5) is 2.34. The first-order chi connectivity index (χ1) is 7.75. The number of likely N-dealkylation sites (N-methyl/N-ethyl adjacent to an activating group) is 1. The molecule has 0 aromatic carbocycles. The van der Waals surface area contributed by atoms with Gasteiger partial charge in [0.05, 0.1) is 4.47 Å². The molecule has 4 nitrogen and oxygen atoms in total. The van der Waals surface area contributed by atoms with E-state index in [-0.39, 0.29) is 0 Å². The van der Waals surface area contributed by atoms with E-state index in [1.807, 2.05) is 18.3 Å². The molecule has 16 heavy (non-hydrogen) atoms. The van der Waals surface area contributed by atoms with Crippen LogP contribution in [0.3, 0.4) is 0 Å². The maximum Gasteiger partial charge on any atom is 0.175 e. The monoisotopic (exact) mass is 280 g/mol. The van der Waals surface area contributed by atoms with Gasteiger partial charge >= 0.3 is 0 Å².